The number of nitrogens with one attached hydrogen (secondary N) is 2. The van der Waals surface area contributed by atoms with Crippen LogP contribution in [0.25, 0.3) is 5.78 Å². The molecule has 11 heteroatoms. The number of carbonyl (C=O) groups excluding carboxylic acids is 3. The monoisotopic (exact) mass is 436 g/mol. The summed E-state index contributed by atoms with van der Waals surface area (Å²) in [4.78, 5) is 45.6. The Morgan fingerprint density at radius 2 is 1.91 bits per heavy atom. The summed E-state index contributed by atoms with van der Waals surface area (Å²) in [5.74, 6) is -1.40. The first-order chi connectivity index (χ1) is 15.5. The van der Waals surface area contributed by atoms with E-state index in [0.29, 0.717) is 5.56 Å². The van der Waals surface area contributed by atoms with Crippen molar-refractivity contribution in [2.45, 2.75) is 19.9 Å². The first kappa shape index (κ1) is 21.0. The van der Waals surface area contributed by atoms with Gasteiger partial charge >= 0.3 is 18.0 Å². The second-order valence-electron chi connectivity index (χ2n) is 6.86. The summed E-state index contributed by atoms with van der Waals surface area (Å²) in [5.41, 5.74) is 1.68. The topological polar surface area (TPSA) is 137 Å². The number of hydrogen-bond donors (Lipinski definition) is 2. The van der Waals surface area contributed by atoms with Crippen molar-refractivity contribution in [2.75, 3.05) is 13.2 Å². The van der Waals surface area contributed by atoms with Gasteiger partial charge in [0.1, 0.15) is 6.61 Å². The van der Waals surface area contributed by atoms with Gasteiger partial charge in [0.15, 0.2) is 0 Å². The Hall–Kier alpha value is -4.28. The molecule has 2 N–H and O–H groups in total. The highest BCUT2D eigenvalue weighted by Gasteiger charge is 2.34. The number of hydrogen-bond acceptors (Lipinski definition) is 8. The molecule has 0 aliphatic carbocycles. The standard InChI is InChI=1S/C21H20N6O5/c1-3-31-18(28)15-14(23-21(30)24-16(15)13-7-5-4-6-8-13)11-32-19(29)17-25-20-22-10-9-12(2)27(20)26-17/h4-10,16H,3,11H2,1-2H3,(H2,23,24,30). The normalized spacial score (nSPS) is 15.8. The molecule has 0 bridgehead atoms. The van der Waals surface area contributed by atoms with Gasteiger partial charge in [0.05, 0.1) is 23.9 Å². The maximum absolute atomic E-state index is 12.7. The van der Waals surface area contributed by atoms with Crippen LogP contribution in [0.1, 0.15) is 34.8 Å². The van der Waals surface area contributed by atoms with Crippen molar-refractivity contribution in [3.8, 4) is 0 Å². The van der Waals surface area contributed by atoms with Crippen LogP contribution in [0.2, 0.25) is 0 Å². The van der Waals surface area contributed by atoms with Gasteiger partial charge in [-0.3, -0.25) is 0 Å². The van der Waals surface area contributed by atoms with Gasteiger partial charge in [-0.05, 0) is 25.5 Å². The molecule has 1 aliphatic heterocycles. The fraction of sp³-hybridized carbons (Fsp3) is 0.238. The van der Waals surface area contributed by atoms with Gasteiger partial charge in [-0.25, -0.2) is 23.9 Å². The lowest BCUT2D eigenvalue weighted by Gasteiger charge is -2.29. The first-order valence-corrected chi connectivity index (χ1v) is 9.86. The van der Waals surface area contributed by atoms with E-state index in [0.717, 1.165) is 5.69 Å². The first-order valence-electron chi connectivity index (χ1n) is 9.86. The van der Waals surface area contributed by atoms with Crippen LogP contribution in [0.15, 0.2) is 53.9 Å². The average Bonchev–Trinajstić information content (AvgIpc) is 3.24. The molecule has 164 valence electrons. The smallest absolute Gasteiger partial charge is 0.378 e. The lowest BCUT2D eigenvalue weighted by Crippen LogP contribution is -2.47. The number of benzene rings is 1. The van der Waals surface area contributed by atoms with Crippen molar-refractivity contribution in [3.63, 3.8) is 0 Å². The van der Waals surface area contributed by atoms with Crippen LogP contribution in [0.3, 0.4) is 0 Å². The van der Waals surface area contributed by atoms with Gasteiger partial charge in [-0.2, -0.15) is 4.98 Å². The molecule has 1 unspecified atom stereocenters. The van der Waals surface area contributed by atoms with E-state index in [4.69, 9.17) is 9.47 Å². The third-order valence-corrected chi connectivity index (χ3v) is 4.74. The number of rotatable bonds is 6. The van der Waals surface area contributed by atoms with Gasteiger partial charge in [0.25, 0.3) is 11.6 Å². The number of ether oxygens (including phenoxy) is 2. The molecule has 32 heavy (non-hydrogen) atoms. The fourth-order valence-electron chi connectivity index (χ4n) is 3.27. The number of fused-ring (bicyclic) bond motifs is 1. The molecule has 0 spiro atoms. The lowest BCUT2D eigenvalue weighted by atomic mass is 9.95. The van der Waals surface area contributed by atoms with Crippen LogP contribution < -0.4 is 10.6 Å². The molecule has 1 atom stereocenters. The molecule has 1 aromatic carbocycles. The van der Waals surface area contributed by atoms with E-state index in [1.54, 1.807) is 50.4 Å². The maximum atomic E-state index is 12.7. The zero-order valence-corrected chi connectivity index (χ0v) is 17.4. The summed E-state index contributed by atoms with van der Waals surface area (Å²) >= 11 is 0. The van der Waals surface area contributed by atoms with Crippen molar-refractivity contribution >= 4 is 23.7 Å². The van der Waals surface area contributed by atoms with Crippen LogP contribution in [-0.4, -0.2) is 50.8 Å². The second-order valence-corrected chi connectivity index (χ2v) is 6.86. The summed E-state index contributed by atoms with van der Waals surface area (Å²) < 4.78 is 11.9. The zero-order valence-electron chi connectivity index (χ0n) is 17.4. The third kappa shape index (κ3) is 4.13. The van der Waals surface area contributed by atoms with Crippen LogP contribution in [-0.2, 0) is 14.3 Å². The van der Waals surface area contributed by atoms with Crippen molar-refractivity contribution in [2.24, 2.45) is 0 Å². The van der Waals surface area contributed by atoms with Crippen molar-refractivity contribution < 1.29 is 23.9 Å². The van der Waals surface area contributed by atoms with Crippen LogP contribution in [0, 0.1) is 6.92 Å². The van der Waals surface area contributed by atoms with Crippen LogP contribution >= 0.6 is 0 Å². The number of amides is 2. The summed E-state index contributed by atoms with van der Waals surface area (Å²) in [7, 11) is 0. The molecule has 0 saturated heterocycles. The quantitative estimate of drug-likeness (QED) is 0.554. The number of urea groups is 1. The highest BCUT2D eigenvalue weighted by molar-refractivity contribution is 5.95. The predicted molar refractivity (Wildman–Crippen MR) is 110 cm³/mol. The Morgan fingerprint density at radius 3 is 2.62 bits per heavy atom. The van der Waals surface area contributed by atoms with E-state index >= 15 is 0 Å². The van der Waals surface area contributed by atoms with Gasteiger partial charge in [0, 0.05) is 11.9 Å². The minimum atomic E-state index is -0.824. The van der Waals surface area contributed by atoms with E-state index in [1.165, 1.54) is 4.52 Å². The van der Waals surface area contributed by atoms with E-state index in [-0.39, 0.29) is 36.1 Å². The minimum Gasteiger partial charge on any atom is -0.463 e. The van der Waals surface area contributed by atoms with Crippen molar-refractivity contribution in [1.82, 2.24) is 30.2 Å². The molecule has 3 aromatic rings. The van der Waals surface area contributed by atoms with Gasteiger partial charge < -0.3 is 20.1 Å². The molecule has 3 heterocycles. The Labute approximate surface area is 182 Å². The van der Waals surface area contributed by atoms with Gasteiger partial charge in [-0.15, -0.1) is 5.10 Å². The molecule has 0 fully saturated rings. The second kappa shape index (κ2) is 8.84. The SMILES string of the molecule is CCOC(=O)C1=C(COC(=O)c2nc3nccc(C)n3n2)NC(=O)NC1c1ccccc1. The highest BCUT2D eigenvalue weighted by Crippen LogP contribution is 2.27. The largest absolute Gasteiger partial charge is 0.463 e. The summed E-state index contributed by atoms with van der Waals surface area (Å²) in [6, 6.07) is 9.36. The summed E-state index contributed by atoms with van der Waals surface area (Å²) in [6.45, 7) is 3.23. The fourth-order valence-corrected chi connectivity index (χ4v) is 3.27. The molecular formula is C21H20N6O5. The van der Waals surface area contributed by atoms with E-state index in [9.17, 15) is 14.4 Å². The molecule has 2 aromatic heterocycles. The van der Waals surface area contributed by atoms with Gasteiger partial charge in [0.2, 0.25) is 0 Å². The Kier molecular flexibility index (Phi) is 5.79. The summed E-state index contributed by atoms with van der Waals surface area (Å²) in [5, 5.41) is 9.35. The molecule has 2 amide bonds. The minimum absolute atomic E-state index is 0.118. The third-order valence-electron chi connectivity index (χ3n) is 4.74. The van der Waals surface area contributed by atoms with Gasteiger partial charge in [-0.1, -0.05) is 30.3 Å². The zero-order chi connectivity index (χ0) is 22.7. The van der Waals surface area contributed by atoms with Crippen LogP contribution in [0.5, 0.6) is 0 Å². The predicted octanol–water partition coefficient (Wildman–Crippen LogP) is 1.46. The average molecular weight is 436 g/mol. The van der Waals surface area contributed by atoms with E-state index < -0.39 is 24.0 Å². The number of aromatic nitrogens is 4. The molecule has 1 aliphatic rings. The van der Waals surface area contributed by atoms with E-state index in [1.807, 2.05) is 6.07 Å². The maximum Gasteiger partial charge on any atom is 0.378 e. The molecule has 11 nitrogen and oxygen atoms in total. The Bertz CT molecular complexity index is 1220. The molecule has 4 rings (SSSR count). The number of nitrogens with zero attached hydrogens (tertiary/aromatic N) is 4. The van der Waals surface area contributed by atoms with Crippen molar-refractivity contribution in [3.05, 3.63) is 70.9 Å². The molecule has 0 saturated carbocycles. The van der Waals surface area contributed by atoms with Crippen LogP contribution in [0.4, 0.5) is 4.79 Å². The highest BCUT2D eigenvalue weighted by atomic mass is 16.5. The van der Waals surface area contributed by atoms with Crippen molar-refractivity contribution in [1.29, 1.82) is 0 Å². The number of aryl methyl sites for hydroxylation is 1. The lowest BCUT2D eigenvalue weighted by molar-refractivity contribution is -0.139. The Morgan fingerprint density at radius 1 is 1.12 bits per heavy atom. The number of carbonyl (C=O) groups is 3. The molecular weight excluding hydrogens is 416 g/mol. The van der Waals surface area contributed by atoms with E-state index in [2.05, 4.69) is 25.7 Å². The molecule has 0 radical (unpaired) electrons. The number of esters is 2. The summed E-state index contributed by atoms with van der Waals surface area (Å²) in [6.07, 6.45) is 1.55. The Balaban J connectivity index is 1.63.